The first-order chi connectivity index (χ1) is 17.4. The highest BCUT2D eigenvalue weighted by Crippen LogP contribution is 2.30. The summed E-state index contributed by atoms with van der Waals surface area (Å²) in [4.78, 5) is 14.3. The molecular weight excluding hydrogens is 470 g/mol. The number of aryl methyl sites for hydroxylation is 1. The number of Topliss-reactive ketones (excluding diaryl/α,β-unsaturated/α-hetero) is 1. The Kier molecular flexibility index (Phi) is 9.19. The second-order valence-corrected chi connectivity index (χ2v) is 10.2. The second-order valence-electron chi connectivity index (χ2n) is 9.79. The van der Waals surface area contributed by atoms with E-state index in [1.807, 2.05) is 43.3 Å². The lowest BCUT2D eigenvalue weighted by Gasteiger charge is -2.33. The molecule has 3 atom stereocenters. The van der Waals surface area contributed by atoms with Gasteiger partial charge in [-0.2, -0.15) is 0 Å². The minimum absolute atomic E-state index is 0.0503. The molecule has 0 fully saturated rings. The molecule has 4 rings (SSSR count). The molecule has 0 saturated heterocycles. The van der Waals surface area contributed by atoms with Gasteiger partial charge in [0.15, 0.2) is 11.9 Å². The number of carbonyl (C=O) groups excluding carboxylic acids is 1. The van der Waals surface area contributed by atoms with Crippen molar-refractivity contribution < 1.29 is 14.6 Å². The smallest absolute Gasteiger partial charge is 0.170 e. The van der Waals surface area contributed by atoms with Crippen LogP contribution in [0, 0.1) is 0 Å². The van der Waals surface area contributed by atoms with E-state index in [4.69, 9.17) is 16.3 Å². The van der Waals surface area contributed by atoms with E-state index in [2.05, 4.69) is 41.3 Å². The van der Waals surface area contributed by atoms with Gasteiger partial charge in [-0.25, -0.2) is 0 Å². The number of hydrogen-bond acceptors (Lipinski definition) is 4. The van der Waals surface area contributed by atoms with Gasteiger partial charge in [-0.15, -0.1) is 0 Å². The van der Waals surface area contributed by atoms with E-state index < -0.39 is 12.2 Å². The first-order valence-electron chi connectivity index (χ1n) is 12.9. The third-order valence-electron chi connectivity index (χ3n) is 7.11. The summed E-state index contributed by atoms with van der Waals surface area (Å²) in [6.07, 6.45) is 3.64. The molecule has 0 spiro atoms. The lowest BCUT2D eigenvalue weighted by Crippen LogP contribution is -2.39. The number of fused-ring (bicyclic) bond motifs is 1. The van der Waals surface area contributed by atoms with Crippen molar-refractivity contribution in [3.05, 3.63) is 100 Å². The fourth-order valence-electron chi connectivity index (χ4n) is 5.13. The first kappa shape index (κ1) is 26.4. The van der Waals surface area contributed by atoms with Crippen molar-refractivity contribution in [3.8, 4) is 5.75 Å². The molecule has 0 saturated carbocycles. The average Bonchev–Trinajstić information content (AvgIpc) is 3.09. The molecule has 1 aliphatic carbocycles. The Labute approximate surface area is 219 Å². The standard InChI is InChI=1S/C31H36ClNO3/c1-3-31(22(2)34)36-29-16-15-24-11-8-14-28(18-26(24)19-29)33(20-23-9-5-4-6-10-23)21-30(35)25-12-7-13-27(32)17-25/h4-7,9-10,12-13,15-17,19,28,30-31,35H,3,8,11,14,18,20-21H2,1-2H3/t28-,30-,31?/m0/s1. The molecule has 3 aromatic carbocycles. The van der Waals surface area contributed by atoms with Gasteiger partial charge in [0.05, 0.1) is 6.10 Å². The lowest BCUT2D eigenvalue weighted by molar-refractivity contribution is -0.123. The summed E-state index contributed by atoms with van der Waals surface area (Å²) < 4.78 is 6.04. The number of ether oxygens (including phenoxy) is 1. The van der Waals surface area contributed by atoms with Crippen molar-refractivity contribution in [2.45, 2.75) is 70.7 Å². The summed E-state index contributed by atoms with van der Waals surface area (Å²) in [6, 6.07) is 24.5. The highest BCUT2D eigenvalue weighted by Gasteiger charge is 2.26. The van der Waals surface area contributed by atoms with Crippen LogP contribution in [0.1, 0.15) is 61.5 Å². The minimum atomic E-state index is -0.634. The molecule has 4 nitrogen and oxygen atoms in total. The SMILES string of the molecule is CCC(Oc1ccc2c(c1)C[C@@H](N(Cc1ccccc1)C[C@H](O)c1cccc(Cl)c1)CCC2)C(C)=O. The van der Waals surface area contributed by atoms with Gasteiger partial charge in [0.25, 0.3) is 0 Å². The van der Waals surface area contributed by atoms with Gasteiger partial charge in [-0.05, 0) is 85.5 Å². The van der Waals surface area contributed by atoms with E-state index in [0.717, 1.165) is 43.5 Å². The van der Waals surface area contributed by atoms with Gasteiger partial charge < -0.3 is 9.84 Å². The first-order valence-corrected chi connectivity index (χ1v) is 13.3. The van der Waals surface area contributed by atoms with Crippen LogP contribution in [0.15, 0.2) is 72.8 Å². The number of rotatable bonds is 10. The molecule has 5 heteroatoms. The van der Waals surface area contributed by atoms with Crippen LogP contribution in [0.4, 0.5) is 0 Å². The highest BCUT2D eigenvalue weighted by atomic mass is 35.5. The van der Waals surface area contributed by atoms with Gasteiger partial charge in [0.2, 0.25) is 0 Å². The van der Waals surface area contributed by atoms with Gasteiger partial charge >= 0.3 is 0 Å². The van der Waals surface area contributed by atoms with E-state index >= 15 is 0 Å². The maximum atomic E-state index is 11.9. The Morgan fingerprint density at radius 1 is 1.08 bits per heavy atom. The van der Waals surface area contributed by atoms with Crippen molar-refractivity contribution in [1.82, 2.24) is 4.90 Å². The summed E-state index contributed by atoms with van der Waals surface area (Å²) >= 11 is 6.20. The number of carbonyl (C=O) groups is 1. The Morgan fingerprint density at radius 3 is 2.61 bits per heavy atom. The molecule has 1 aliphatic rings. The van der Waals surface area contributed by atoms with Crippen LogP contribution in [0.5, 0.6) is 5.75 Å². The number of hydrogen-bond donors (Lipinski definition) is 1. The second kappa shape index (κ2) is 12.5. The van der Waals surface area contributed by atoms with Crippen LogP contribution < -0.4 is 4.74 Å². The van der Waals surface area contributed by atoms with E-state index in [-0.39, 0.29) is 11.8 Å². The Hall–Kier alpha value is -2.66. The predicted octanol–water partition coefficient (Wildman–Crippen LogP) is 6.57. The number of benzene rings is 3. The van der Waals surface area contributed by atoms with Crippen molar-refractivity contribution in [3.63, 3.8) is 0 Å². The fourth-order valence-corrected chi connectivity index (χ4v) is 5.32. The molecule has 190 valence electrons. The summed E-state index contributed by atoms with van der Waals surface area (Å²) in [5, 5.41) is 11.8. The van der Waals surface area contributed by atoms with Crippen molar-refractivity contribution in [1.29, 1.82) is 0 Å². The average molecular weight is 506 g/mol. The summed E-state index contributed by atoms with van der Waals surface area (Å²) in [6.45, 7) is 4.84. The third-order valence-corrected chi connectivity index (χ3v) is 7.34. The van der Waals surface area contributed by atoms with Crippen LogP contribution in [-0.4, -0.2) is 34.5 Å². The lowest BCUT2D eigenvalue weighted by atomic mass is 9.99. The number of aliphatic hydroxyl groups is 1. The van der Waals surface area contributed by atoms with Crippen LogP contribution in [0.2, 0.25) is 5.02 Å². The zero-order valence-electron chi connectivity index (χ0n) is 21.2. The van der Waals surface area contributed by atoms with E-state index in [9.17, 15) is 9.90 Å². The van der Waals surface area contributed by atoms with E-state index in [0.29, 0.717) is 18.0 Å². The number of aliphatic hydroxyl groups excluding tert-OH is 1. The molecule has 1 unspecified atom stereocenters. The van der Waals surface area contributed by atoms with Crippen molar-refractivity contribution >= 4 is 17.4 Å². The zero-order valence-corrected chi connectivity index (χ0v) is 22.0. The third kappa shape index (κ3) is 6.97. The molecule has 0 amide bonds. The molecule has 0 heterocycles. The Balaban J connectivity index is 1.58. The molecule has 0 bridgehead atoms. The number of nitrogens with zero attached hydrogens (tertiary/aromatic N) is 1. The van der Waals surface area contributed by atoms with Gasteiger partial charge in [0, 0.05) is 24.2 Å². The quantitative estimate of drug-likeness (QED) is 0.316. The topological polar surface area (TPSA) is 49.8 Å². The Bertz CT molecular complexity index is 1150. The monoisotopic (exact) mass is 505 g/mol. The van der Waals surface area contributed by atoms with E-state index in [1.54, 1.807) is 6.92 Å². The zero-order chi connectivity index (χ0) is 25.5. The molecule has 3 aromatic rings. The van der Waals surface area contributed by atoms with Crippen LogP contribution in [-0.2, 0) is 24.2 Å². The van der Waals surface area contributed by atoms with Crippen molar-refractivity contribution in [2.24, 2.45) is 0 Å². The summed E-state index contributed by atoms with van der Waals surface area (Å²) in [7, 11) is 0. The van der Waals surface area contributed by atoms with Gasteiger partial charge in [0.1, 0.15) is 5.75 Å². The van der Waals surface area contributed by atoms with Crippen molar-refractivity contribution in [2.75, 3.05) is 6.54 Å². The highest BCUT2D eigenvalue weighted by molar-refractivity contribution is 6.30. The summed E-state index contributed by atoms with van der Waals surface area (Å²) in [5.41, 5.74) is 4.67. The van der Waals surface area contributed by atoms with Gasteiger partial charge in [-0.3, -0.25) is 9.69 Å². The van der Waals surface area contributed by atoms with Crippen LogP contribution in [0.25, 0.3) is 0 Å². The Morgan fingerprint density at radius 2 is 1.89 bits per heavy atom. The maximum absolute atomic E-state index is 11.9. The molecule has 1 N–H and O–H groups in total. The van der Waals surface area contributed by atoms with Crippen LogP contribution >= 0.6 is 11.6 Å². The maximum Gasteiger partial charge on any atom is 0.170 e. The normalized spacial score (nSPS) is 17.2. The van der Waals surface area contributed by atoms with Gasteiger partial charge in [-0.1, -0.05) is 67.1 Å². The minimum Gasteiger partial charge on any atom is -0.483 e. The van der Waals surface area contributed by atoms with E-state index in [1.165, 1.54) is 16.7 Å². The summed E-state index contributed by atoms with van der Waals surface area (Å²) in [5.74, 6) is 0.805. The predicted molar refractivity (Wildman–Crippen MR) is 146 cm³/mol. The van der Waals surface area contributed by atoms with Crippen LogP contribution in [0.3, 0.4) is 0 Å². The number of halogens is 1. The largest absolute Gasteiger partial charge is 0.483 e. The molecule has 0 aliphatic heterocycles. The number of ketones is 1. The molecule has 0 aromatic heterocycles. The fraction of sp³-hybridized carbons (Fsp3) is 0.387. The molecule has 0 radical (unpaired) electrons. The molecule has 36 heavy (non-hydrogen) atoms. The molecular formula is C31H36ClNO3.